The lowest BCUT2D eigenvalue weighted by molar-refractivity contribution is -0.168. The van der Waals surface area contributed by atoms with E-state index in [-0.39, 0.29) is 37.4 Å². The number of fused-ring (bicyclic) bond motifs is 1. The van der Waals surface area contributed by atoms with Crippen LogP contribution >= 0.6 is 0 Å². The predicted octanol–water partition coefficient (Wildman–Crippen LogP) is 3.45. The number of carbonyl (C=O) groups excluding carboxylic acids is 4. The number of rotatable bonds is 9. The maximum atomic E-state index is 13.8. The second-order valence-corrected chi connectivity index (χ2v) is 11.6. The fraction of sp³-hybridized carbons (Fsp3) is 0.484. The monoisotopic (exact) mass is 596 g/mol. The first-order valence-electron chi connectivity index (χ1n) is 14.2. The Morgan fingerprint density at radius 2 is 1.60 bits per heavy atom. The molecule has 3 unspecified atom stereocenters. The zero-order valence-electron chi connectivity index (χ0n) is 25.5. The molecule has 0 spiro atoms. The molecule has 0 aromatic heterocycles. The van der Waals surface area contributed by atoms with E-state index in [0.717, 1.165) is 5.56 Å². The Balaban J connectivity index is 1.48. The quantitative estimate of drug-likeness (QED) is 0.450. The Morgan fingerprint density at radius 3 is 2.21 bits per heavy atom. The smallest absolute Gasteiger partial charge is 0.410 e. The van der Waals surface area contributed by atoms with Gasteiger partial charge in [0, 0.05) is 31.4 Å². The van der Waals surface area contributed by atoms with Gasteiger partial charge in [0.05, 0.1) is 39.3 Å². The van der Waals surface area contributed by atoms with Crippen LogP contribution in [0.1, 0.15) is 39.7 Å². The molecule has 2 aliphatic rings. The third-order valence-electron chi connectivity index (χ3n) is 7.14. The molecular formula is C31H40N4O8. The van der Waals surface area contributed by atoms with Gasteiger partial charge in [-0.3, -0.25) is 14.4 Å². The lowest BCUT2D eigenvalue weighted by Crippen LogP contribution is -2.59. The SMILES string of the molecule is COc1ccc(CCN2C(=O)C(CC(=O)Nc3ccc(NC(C)=O)cc3)OC3CN(C(=O)OC(C)(C)C)CC32)cc1OC. The van der Waals surface area contributed by atoms with Crippen LogP contribution < -0.4 is 20.1 Å². The normalized spacial score (nSPS) is 19.9. The van der Waals surface area contributed by atoms with E-state index in [9.17, 15) is 19.2 Å². The van der Waals surface area contributed by atoms with Gasteiger partial charge in [0.15, 0.2) is 11.5 Å². The molecule has 0 bridgehead atoms. The summed E-state index contributed by atoms with van der Waals surface area (Å²) >= 11 is 0. The van der Waals surface area contributed by atoms with Gasteiger partial charge in [-0.05, 0) is 69.2 Å². The Hall–Kier alpha value is -4.32. The molecule has 2 aromatic rings. The standard InChI is InChI=1S/C31H40N4O8/c1-19(36)32-21-8-10-22(11-9-21)33-28(37)16-26-29(38)35(14-13-20-7-12-24(40-5)25(15-20)41-6)23-17-34(18-27(23)42-26)30(39)43-31(2,3)4/h7-12,15,23,26-27H,13-14,16-18H2,1-6H3,(H,32,36)(H,33,37). The highest BCUT2D eigenvalue weighted by Gasteiger charge is 2.49. The topological polar surface area (TPSA) is 136 Å². The van der Waals surface area contributed by atoms with E-state index < -0.39 is 29.8 Å². The van der Waals surface area contributed by atoms with Gasteiger partial charge in [-0.25, -0.2) is 4.79 Å². The van der Waals surface area contributed by atoms with Crippen molar-refractivity contribution in [3.05, 3.63) is 48.0 Å². The number of nitrogens with zero attached hydrogens (tertiary/aromatic N) is 2. The van der Waals surface area contributed by atoms with Gasteiger partial charge in [-0.15, -0.1) is 0 Å². The van der Waals surface area contributed by atoms with Crippen LogP contribution in [0, 0.1) is 0 Å². The van der Waals surface area contributed by atoms with Crippen LogP contribution in [0.15, 0.2) is 42.5 Å². The molecule has 0 saturated carbocycles. The molecule has 232 valence electrons. The summed E-state index contributed by atoms with van der Waals surface area (Å²) < 4.78 is 22.5. The van der Waals surface area contributed by atoms with E-state index in [1.807, 2.05) is 18.2 Å². The second-order valence-electron chi connectivity index (χ2n) is 11.6. The van der Waals surface area contributed by atoms with E-state index in [0.29, 0.717) is 35.8 Å². The van der Waals surface area contributed by atoms with Gasteiger partial charge in [0.1, 0.15) is 11.7 Å². The van der Waals surface area contributed by atoms with Crippen molar-refractivity contribution in [1.82, 2.24) is 9.80 Å². The number of ether oxygens (including phenoxy) is 4. The number of nitrogens with one attached hydrogen (secondary N) is 2. The van der Waals surface area contributed by atoms with Gasteiger partial charge < -0.3 is 39.4 Å². The molecule has 4 amide bonds. The Kier molecular flexibility index (Phi) is 9.80. The zero-order valence-corrected chi connectivity index (χ0v) is 25.5. The van der Waals surface area contributed by atoms with Crippen molar-refractivity contribution in [1.29, 1.82) is 0 Å². The molecule has 2 N–H and O–H groups in total. The third-order valence-corrected chi connectivity index (χ3v) is 7.14. The minimum absolute atomic E-state index is 0.198. The summed E-state index contributed by atoms with van der Waals surface area (Å²) in [6, 6.07) is 11.9. The van der Waals surface area contributed by atoms with E-state index in [2.05, 4.69) is 10.6 Å². The van der Waals surface area contributed by atoms with Crippen LogP contribution in [0.25, 0.3) is 0 Å². The Labute approximate surface area is 251 Å². The molecule has 4 rings (SSSR count). The van der Waals surface area contributed by atoms with Crippen LogP contribution in [0.3, 0.4) is 0 Å². The fourth-order valence-corrected chi connectivity index (χ4v) is 5.20. The summed E-state index contributed by atoms with van der Waals surface area (Å²) in [5, 5.41) is 5.46. The van der Waals surface area contributed by atoms with Crippen LogP contribution in [0.5, 0.6) is 11.5 Å². The number of morpholine rings is 1. The summed E-state index contributed by atoms with van der Waals surface area (Å²) in [6.07, 6.45) is -1.67. The number of carbonyl (C=O) groups is 4. The molecule has 2 saturated heterocycles. The highest BCUT2D eigenvalue weighted by atomic mass is 16.6. The van der Waals surface area contributed by atoms with Crippen LogP contribution in [-0.2, 0) is 30.3 Å². The minimum Gasteiger partial charge on any atom is -0.493 e. The van der Waals surface area contributed by atoms with Crippen LogP contribution in [0.2, 0.25) is 0 Å². The van der Waals surface area contributed by atoms with Crippen molar-refractivity contribution in [2.75, 3.05) is 44.5 Å². The number of likely N-dealkylation sites (tertiary alicyclic amines) is 1. The van der Waals surface area contributed by atoms with Gasteiger partial charge in [-0.1, -0.05) is 6.07 Å². The first-order valence-corrected chi connectivity index (χ1v) is 14.2. The van der Waals surface area contributed by atoms with E-state index >= 15 is 0 Å². The average Bonchev–Trinajstić information content (AvgIpc) is 3.37. The molecule has 12 nitrogen and oxygen atoms in total. The second kappa shape index (κ2) is 13.3. The maximum Gasteiger partial charge on any atom is 0.410 e. The van der Waals surface area contributed by atoms with Crippen molar-refractivity contribution in [2.24, 2.45) is 0 Å². The molecular weight excluding hydrogens is 556 g/mol. The molecule has 0 radical (unpaired) electrons. The molecule has 12 heteroatoms. The number of hydrogen-bond donors (Lipinski definition) is 2. The molecule has 0 aliphatic carbocycles. The molecule has 43 heavy (non-hydrogen) atoms. The van der Waals surface area contributed by atoms with E-state index in [1.54, 1.807) is 69.1 Å². The first kappa shape index (κ1) is 31.6. The van der Waals surface area contributed by atoms with Gasteiger partial charge in [0.25, 0.3) is 5.91 Å². The Bertz CT molecular complexity index is 1340. The summed E-state index contributed by atoms with van der Waals surface area (Å²) in [6.45, 7) is 7.65. The van der Waals surface area contributed by atoms with Gasteiger partial charge in [0.2, 0.25) is 11.8 Å². The molecule has 2 aromatic carbocycles. The van der Waals surface area contributed by atoms with Crippen molar-refractivity contribution >= 4 is 35.2 Å². The lowest BCUT2D eigenvalue weighted by atomic mass is 10.0. The van der Waals surface area contributed by atoms with E-state index in [1.165, 1.54) is 6.92 Å². The molecule has 2 aliphatic heterocycles. The number of methoxy groups -OCH3 is 2. The van der Waals surface area contributed by atoms with Crippen LogP contribution in [0.4, 0.5) is 16.2 Å². The summed E-state index contributed by atoms with van der Waals surface area (Å²) in [7, 11) is 3.13. The van der Waals surface area contributed by atoms with Crippen molar-refractivity contribution in [3.63, 3.8) is 0 Å². The number of benzene rings is 2. The van der Waals surface area contributed by atoms with Crippen LogP contribution in [-0.4, -0.2) is 91.3 Å². The van der Waals surface area contributed by atoms with Gasteiger partial charge in [-0.2, -0.15) is 0 Å². The largest absolute Gasteiger partial charge is 0.493 e. The number of anilines is 2. The highest BCUT2D eigenvalue weighted by Crippen LogP contribution is 2.31. The van der Waals surface area contributed by atoms with E-state index in [4.69, 9.17) is 18.9 Å². The maximum absolute atomic E-state index is 13.8. The summed E-state index contributed by atoms with van der Waals surface area (Å²) in [5.74, 6) is 0.280. The Morgan fingerprint density at radius 1 is 0.953 bits per heavy atom. The predicted molar refractivity (Wildman–Crippen MR) is 159 cm³/mol. The summed E-state index contributed by atoms with van der Waals surface area (Å²) in [5.41, 5.74) is 1.38. The molecule has 2 fully saturated rings. The summed E-state index contributed by atoms with van der Waals surface area (Å²) in [4.78, 5) is 54.2. The average molecular weight is 597 g/mol. The molecule has 2 heterocycles. The third kappa shape index (κ3) is 8.16. The van der Waals surface area contributed by atoms with Crippen molar-refractivity contribution in [3.8, 4) is 11.5 Å². The lowest BCUT2D eigenvalue weighted by Gasteiger charge is -2.40. The first-order chi connectivity index (χ1) is 20.4. The zero-order chi connectivity index (χ0) is 31.3. The number of amides is 4. The highest BCUT2D eigenvalue weighted by molar-refractivity contribution is 5.96. The van der Waals surface area contributed by atoms with Crippen molar-refractivity contribution < 1.29 is 38.1 Å². The number of hydrogen-bond acceptors (Lipinski definition) is 8. The molecule has 3 atom stereocenters. The van der Waals surface area contributed by atoms with Crippen molar-refractivity contribution in [2.45, 2.75) is 64.4 Å². The minimum atomic E-state index is -1.02. The fourth-order valence-electron chi connectivity index (χ4n) is 5.20. The van der Waals surface area contributed by atoms with Gasteiger partial charge >= 0.3 is 6.09 Å².